The van der Waals surface area contributed by atoms with E-state index in [4.69, 9.17) is 9.41 Å². The first kappa shape index (κ1) is 22.1. The zero-order valence-electron chi connectivity index (χ0n) is 18.4. The van der Waals surface area contributed by atoms with Crippen LogP contribution in [0, 0.1) is 6.92 Å². The van der Waals surface area contributed by atoms with Gasteiger partial charge in [-0.15, -0.1) is 11.3 Å². The SMILES string of the molecule is Cc1c(N=c2scc(-c3ccc(Br)cc3)n2N=Cc2ccco2)c(=O)n(-c2ccccc2)n1C. The third-order valence-electron chi connectivity index (χ3n) is 5.40. The van der Waals surface area contributed by atoms with Gasteiger partial charge in [0, 0.05) is 22.5 Å². The fraction of sp³-hybridized carbons (Fsp3) is 0.0800. The minimum Gasteiger partial charge on any atom is -0.463 e. The number of nitrogens with zero attached hydrogens (tertiary/aromatic N) is 5. The smallest absolute Gasteiger partial charge is 0.297 e. The lowest BCUT2D eigenvalue weighted by atomic mass is 10.2. The summed E-state index contributed by atoms with van der Waals surface area (Å²) >= 11 is 4.90. The molecule has 5 rings (SSSR count). The molecule has 0 aliphatic rings. The normalized spacial score (nSPS) is 12.1. The Labute approximate surface area is 207 Å². The molecule has 5 aromatic rings. The Morgan fingerprint density at radius 3 is 2.50 bits per heavy atom. The Balaban J connectivity index is 1.69. The summed E-state index contributed by atoms with van der Waals surface area (Å²) in [6.45, 7) is 1.89. The third kappa shape index (κ3) is 4.15. The maximum Gasteiger partial charge on any atom is 0.297 e. The number of halogens is 1. The van der Waals surface area contributed by atoms with E-state index in [1.807, 2.05) is 84.7 Å². The molecule has 170 valence electrons. The highest BCUT2D eigenvalue weighted by atomic mass is 79.9. The van der Waals surface area contributed by atoms with Gasteiger partial charge in [0.25, 0.3) is 5.56 Å². The van der Waals surface area contributed by atoms with Crippen LogP contribution in [-0.4, -0.2) is 20.3 Å². The average Bonchev–Trinajstić information content (AvgIpc) is 3.56. The molecule has 0 N–H and O–H groups in total. The molecule has 0 bridgehead atoms. The van der Waals surface area contributed by atoms with Crippen LogP contribution in [0.3, 0.4) is 0 Å². The molecule has 0 unspecified atom stereocenters. The van der Waals surface area contributed by atoms with Crippen molar-refractivity contribution in [3.63, 3.8) is 0 Å². The van der Waals surface area contributed by atoms with Crippen LogP contribution < -0.4 is 10.4 Å². The molecule has 0 radical (unpaired) electrons. The molecular formula is C25H20BrN5O2S. The van der Waals surface area contributed by atoms with Crippen molar-refractivity contribution in [2.75, 3.05) is 0 Å². The van der Waals surface area contributed by atoms with Gasteiger partial charge in [-0.3, -0.25) is 9.48 Å². The lowest BCUT2D eigenvalue weighted by Gasteiger charge is -2.07. The van der Waals surface area contributed by atoms with Gasteiger partial charge < -0.3 is 4.42 Å². The fourth-order valence-electron chi connectivity index (χ4n) is 3.57. The topological polar surface area (TPSA) is 69.7 Å². The highest BCUT2D eigenvalue weighted by molar-refractivity contribution is 9.10. The number of rotatable bonds is 5. The van der Waals surface area contributed by atoms with Crippen LogP contribution in [0.15, 0.2) is 102 Å². The summed E-state index contributed by atoms with van der Waals surface area (Å²) in [6, 6.07) is 21.1. The number of hydrogen-bond acceptors (Lipinski definition) is 5. The van der Waals surface area contributed by atoms with Gasteiger partial charge in [0.05, 0.1) is 29.6 Å². The van der Waals surface area contributed by atoms with Gasteiger partial charge in [0.2, 0.25) is 4.80 Å². The van der Waals surface area contributed by atoms with Crippen molar-refractivity contribution in [1.29, 1.82) is 0 Å². The number of furan rings is 1. The third-order valence-corrected chi connectivity index (χ3v) is 6.75. The van der Waals surface area contributed by atoms with Crippen LogP contribution in [0.1, 0.15) is 11.5 Å². The molecule has 9 heteroatoms. The van der Waals surface area contributed by atoms with Crippen molar-refractivity contribution in [3.05, 3.63) is 109 Å². The van der Waals surface area contributed by atoms with E-state index in [1.165, 1.54) is 11.3 Å². The molecular weight excluding hydrogens is 514 g/mol. The van der Waals surface area contributed by atoms with Gasteiger partial charge in [0.15, 0.2) is 5.69 Å². The van der Waals surface area contributed by atoms with Gasteiger partial charge in [-0.1, -0.05) is 46.3 Å². The van der Waals surface area contributed by atoms with E-state index in [0.717, 1.165) is 27.1 Å². The zero-order valence-corrected chi connectivity index (χ0v) is 20.8. The van der Waals surface area contributed by atoms with Crippen LogP contribution in [-0.2, 0) is 7.05 Å². The Morgan fingerprint density at radius 1 is 1.03 bits per heavy atom. The Morgan fingerprint density at radius 2 is 1.79 bits per heavy atom. The van der Waals surface area contributed by atoms with E-state index in [9.17, 15) is 4.79 Å². The lowest BCUT2D eigenvalue weighted by Crippen LogP contribution is -2.19. The molecule has 2 aromatic carbocycles. The van der Waals surface area contributed by atoms with Crippen molar-refractivity contribution in [2.45, 2.75) is 6.92 Å². The Kier molecular flexibility index (Phi) is 6.04. The molecule has 3 aromatic heterocycles. The molecule has 0 saturated carbocycles. The highest BCUT2D eigenvalue weighted by Gasteiger charge is 2.16. The molecule has 0 saturated heterocycles. The van der Waals surface area contributed by atoms with Crippen molar-refractivity contribution < 1.29 is 4.42 Å². The van der Waals surface area contributed by atoms with Crippen molar-refractivity contribution in [3.8, 4) is 16.9 Å². The van der Waals surface area contributed by atoms with E-state index in [-0.39, 0.29) is 5.56 Å². The van der Waals surface area contributed by atoms with E-state index in [1.54, 1.807) is 27.9 Å². The predicted molar refractivity (Wildman–Crippen MR) is 138 cm³/mol. The summed E-state index contributed by atoms with van der Waals surface area (Å²) in [5.41, 5.74) is 3.56. The molecule has 0 aliphatic carbocycles. The van der Waals surface area contributed by atoms with Crippen molar-refractivity contribution in [1.82, 2.24) is 14.0 Å². The van der Waals surface area contributed by atoms with Crippen LogP contribution >= 0.6 is 27.3 Å². The zero-order chi connectivity index (χ0) is 23.7. The van der Waals surface area contributed by atoms with Crippen LogP contribution in [0.5, 0.6) is 0 Å². The van der Waals surface area contributed by atoms with Crippen LogP contribution in [0.4, 0.5) is 5.69 Å². The van der Waals surface area contributed by atoms with E-state index < -0.39 is 0 Å². The predicted octanol–water partition coefficient (Wildman–Crippen LogP) is 5.48. The quantitative estimate of drug-likeness (QED) is 0.280. The monoisotopic (exact) mass is 533 g/mol. The molecule has 0 atom stereocenters. The van der Waals surface area contributed by atoms with Gasteiger partial charge in [-0.25, -0.2) is 14.4 Å². The summed E-state index contributed by atoms with van der Waals surface area (Å²) in [5, 5.41) is 6.62. The second-order valence-electron chi connectivity index (χ2n) is 7.50. The molecule has 0 fully saturated rings. The van der Waals surface area contributed by atoms with Gasteiger partial charge in [-0.05, 0) is 43.3 Å². The first-order chi connectivity index (χ1) is 16.5. The fourth-order valence-corrected chi connectivity index (χ4v) is 4.67. The first-order valence-corrected chi connectivity index (χ1v) is 12.1. The summed E-state index contributed by atoms with van der Waals surface area (Å²) in [4.78, 5) is 18.7. The van der Waals surface area contributed by atoms with Crippen molar-refractivity contribution in [2.24, 2.45) is 17.1 Å². The molecule has 3 heterocycles. The minimum absolute atomic E-state index is 0.189. The number of thiazole rings is 1. The van der Waals surface area contributed by atoms with Crippen LogP contribution in [0.2, 0.25) is 0 Å². The molecule has 0 amide bonds. The average molecular weight is 534 g/mol. The summed E-state index contributed by atoms with van der Waals surface area (Å²) < 4.78 is 11.6. The maximum absolute atomic E-state index is 13.4. The number of benzene rings is 2. The van der Waals surface area contributed by atoms with Gasteiger partial charge in [-0.2, -0.15) is 5.10 Å². The largest absolute Gasteiger partial charge is 0.463 e. The summed E-state index contributed by atoms with van der Waals surface area (Å²) in [7, 11) is 1.85. The second kappa shape index (κ2) is 9.28. The van der Waals surface area contributed by atoms with Crippen molar-refractivity contribution >= 4 is 39.2 Å². The lowest BCUT2D eigenvalue weighted by molar-refractivity contribution is 0.559. The van der Waals surface area contributed by atoms with Gasteiger partial charge >= 0.3 is 0 Å². The summed E-state index contributed by atoms with van der Waals surface area (Å²) in [5.74, 6) is 0.619. The molecule has 7 nitrogen and oxygen atoms in total. The Bertz CT molecular complexity index is 1590. The molecule has 0 spiro atoms. The first-order valence-electron chi connectivity index (χ1n) is 10.5. The summed E-state index contributed by atoms with van der Waals surface area (Å²) in [6.07, 6.45) is 3.23. The van der Waals surface area contributed by atoms with E-state index in [2.05, 4.69) is 21.0 Å². The number of aromatic nitrogens is 3. The minimum atomic E-state index is -0.189. The highest BCUT2D eigenvalue weighted by Crippen LogP contribution is 2.23. The molecule has 0 aliphatic heterocycles. The number of hydrogen-bond donors (Lipinski definition) is 0. The number of para-hydroxylation sites is 1. The maximum atomic E-state index is 13.4. The Hall–Kier alpha value is -3.69. The van der Waals surface area contributed by atoms with E-state index in [0.29, 0.717) is 16.2 Å². The second-order valence-corrected chi connectivity index (χ2v) is 9.26. The van der Waals surface area contributed by atoms with Crippen LogP contribution in [0.25, 0.3) is 16.9 Å². The molecule has 34 heavy (non-hydrogen) atoms. The van der Waals surface area contributed by atoms with Gasteiger partial charge in [0.1, 0.15) is 5.76 Å². The van der Waals surface area contributed by atoms with E-state index >= 15 is 0 Å². The standard InChI is InChI=1S/C25H20BrN5O2S/c1-17-23(24(32)31(29(17)2)20-7-4-3-5-8-20)28-25-30(27-15-21-9-6-14-33-21)22(16-34-25)18-10-12-19(26)13-11-18/h3-16H,1-2H3.